The van der Waals surface area contributed by atoms with Crippen LogP contribution in [0, 0.1) is 17.8 Å². The minimum atomic E-state index is -2.31. The van der Waals surface area contributed by atoms with Gasteiger partial charge in [0.15, 0.2) is 23.0 Å². The Morgan fingerprint density at radius 1 is 1.20 bits per heavy atom. The molecule has 1 aliphatic rings. The number of Topliss-reactive ketones (excluding diaryl/α,β-unsaturated/α-hetero) is 3. The molecule has 5 nitrogen and oxygen atoms in total. The first kappa shape index (κ1) is 21.3. The lowest BCUT2D eigenvalue weighted by molar-refractivity contribution is -0.145. The van der Waals surface area contributed by atoms with E-state index in [0.717, 1.165) is 5.57 Å². The van der Waals surface area contributed by atoms with E-state index in [1.807, 2.05) is 27.7 Å². The second-order valence-corrected chi connectivity index (χ2v) is 7.80. The van der Waals surface area contributed by atoms with Gasteiger partial charge in [-0.15, -0.1) is 0 Å². The van der Waals surface area contributed by atoms with Gasteiger partial charge in [-0.2, -0.15) is 0 Å². The monoisotopic (exact) mass is 350 g/mol. The molecule has 0 saturated heterocycles. The van der Waals surface area contributed by atoms with Crippen molar-refractivity contribution >= 4 is 17.3 Å². The van der Waals surface area contributed by atoms with Crippen molar-refractivity contribution in [1.82, 2.24) is 0 Å². The quantitative estimate of drug-likeness (QED) is 0.517. The van der Waals surface area contributed by atoms with Crippen LogP contribution < -0.4 is 0 Å². The smallest absolute Gasteiger partial charge is 0.191 e. The second-order valence-electron chi connectivity index (χ2n) is 7.80. The Morgan fingerprint density at radius 3 is 2.20 bits per heavy atom. The van der Waals surface area contributed by atoms with Gasteiger partial charge in [0.05, 0.1) is 5.92 Å². The molecule has 0 aliphatic heterocycles. The van der Waals surface area contributed by atoms with Crippen LogP contribution in [0.2, 0.25) is 0 Å². The number of rotatable bonds is 8. The van der Waals surface area contributed by atoms with E-state index in [1.165, 1.54) is 0 Å². The highest BCUT2D eigenvalue weighted by molar-refractivity contribution is 6.26. The summed E-state index contributed by atoms with van der Waals surface area (Å²) in [6, 6.07) is 0. The fourth-order valence-electron chi connectivity index (χ4n) is 2.93. The predicted octanol–water partition coefficient (Wildman–Crippen LogP) is 3.32. The lowest BCUT2D eigenvalue weighted by Crippen LogP contribution is -2.46. The highest BCUT2D eigenvalue weighted by atomic mass is 16.3. The number of carbonyl (C=O) groups is 3. The van der Waals surface area contributed by atoms with Crippen molar-refractivity contribution in [2.24, 2.45) is 17.8 Å². The van der Waals surface area contributed by atoms with Crippen molar-refractivity contribution < 1.29 is 24.6 Å². The normalized spacial score (nSPS) is 23.6. The summed E-state index contributed by atoms with van der Waals surface area (Å²) in [6.07, 6.45) is 2.41. The van der Waals surface area contributed by atoms with Crippen molar-refractivity contribution in [1.29, 1.82) is 0 Å². The van der Waals surface area contributed by atoms with Crippen molar-refractivity contribution in [3.05, 3.63) is 23.0 Å². The van der Waals surface area contributed by atoms with Crippen LogP contribution in [-0.2, 0) is 14.4 Å². The van der Waals surface area contributed by atoms with Crippen molar-refractivity contribution in [2.75, 3.05) is 0 Å². The van der Waals surface area contributed by atoms with Gasteiger partial charge in [0.1, 0.15) is 11.3 Å². The van der Waals surface area contributed by atoms with E-state index in [0.29, 0.717) is 6.42 Å². The number of hydrogen-bond acceptors (Lipinski definition) is 5. The topological polar surface area (TPSA) is 91.7 Å². The fourth-order valence-corrected chi connectivity index (χ4v) is 2.93. The molecule has 0 aromatic heterocycles. The lowest BCUT2D eigenvalue weighted by Gasteiger charge is -2.28. The minimum Gasteiger partial charge on any atom is -0.508 e. The molecule has 0 bridgehead atoms. The average Bonchev–Trinajstić information content (AvgIpc) is 2.69. The summed E-state index contributed by atoms with van der Waals surface area (Å²) in [7, 11) is 0. The molecule has 2 atom stereocenters. The van der Waals surface area contributed by atoms with Crippen molar-refractivity contribution in [3.8, 4) is 0 Å². The molecule has 2 N–H and O–H groups in total. The summed E-state index contributed by atoms with van der Waals surface area (Å²) in [6.45, 7) is 10.8. The van der Waals surface area contributed by atoms with Gasteiger partial charge in [-0.25, -0.2) is 0 Å². The second kappa shape index (κ2) is 8.09. The van der Waals surface area contributed by atoms with Gasteiger partial charge in [-0.05, 0) is 32.6 Å². The highest BCUT2D eigenvalue weighted by Crippen LogP contribution is 2.42. The third-order valence-electron chi connectivity index (χ3n) is 4.57. The number of aliphatic hydroxyl groups excluding tert-OH is 1. The molecule has 0 aromatic rings. The molecule has 0 spiro atoms. The van der Waals surface area contributed by atoms with Crippen LogP contribution in [0.15, 0.2) is 23.0 Å². The highest BCUT2D eigenvalue weighted by Gasteiger charge is 2.58. The fraction of sp³-hybridized carbons (Fsp3) is 0.650. The summed E-state index contributed by atoms with van der Waals surface area (Å²) in [5.74, 6) is -3.99. The SMILES string of the molecule is CC(C)=CC[C@@H]1C(=O)C(C(=O)C(C)C)=C(O)[C@@]1(O)C(=O)CCC(C)C. The van der Waals surface area contributed by atoms with Crippen LogP contribution in [0.4, 0.5) is 0 Å². The first-order valence-corrected chi connectivity index (χ1v) is 8.85. The van der Waals surface area contributed by atoms with Gasteiger partial charge in [-0.3, -0.25) is 14.4 Å². The maximum atomic E-state index is 12.8. The molecule has 5 heteroatoms. The minimum absolute atomic E-state index is 0.0416. The Hall–Kier alpha value is -1.75. The molecule has 1 rings (SSSR count). The van der Waals surface area contributed by atoms with E-state index in [1.54, 1.807) is 19.9 Å². The third-order valence-corrected chi connectivity index (χ3v) is 4.57. The zero-order chi connectivity index (χ0) is 19.5. The van der Waals surface area contributed by atoms with Gasteiger partial charge >= 0.3 is 0 Å². The number of aliphatic hydroxyl groups is 2. The number of allylic oxidation sites excluding steroid dienone is 3. The molecule has 0 saturated carbocycles. The van der Waals surface area contributed by atoms with Crippen LogP contribution in [0.3, 0.4) is 0 Å². The average molecular weight is 350 g/mol. The maximum absolute atomic E-state index is 12.8. The first-order chi connectivity index (χ1) is 11.4. The first-order valence-electron chi connectivity index (χ1n) is 8.85. The third kappa shape index (κ3) is 4.27. The van der Waals surface area contributed by atoms with Crippen LogP contribution >= 0.6 is 0 Å². The Balaban J connectivity index is 3.37. The number of carbonyl (C=O) groups excluding carboxylic acids is 3. The Bertz CT molecular complexity index is 620. The van der Waals surface area contributed by atoms with E-state index in [4.69, 9.17) is 0 Å². The summed E-state index contributed by atoms with van der Waals surface area (Å²) < 4.78 is 0. The van der Waals surface area contributed by atoms with E-state index >= 15 is 0 Å². The van der Waals surface area contributed by atoms with Gasteiger partial charge in [-0.1, -0.05) is 39.3 Å². The van der Waals surface area contributed by atoms with Gasteiger partial charge in [0.25, 0.3) is 0 Å². The number of ketones is 3. The maximum Gasteiger partial charge on any atom is 0.191 e. The Morgan fingerprint density at radius 2 is 1.76 bits per heavy atom. The van der Waals surface area contributed by atoms with Crippen molar-refractivity contribution in [2.45, 2.75) is 66.4 Å². The molecule has 0 heterocycles. The van der Waals surface area contributed by atoms with Crippen LogP contribution in [0.5, 0.6) is 0 Å². The zero-order valence-corrected chi connectivity index (χ0v) is 16.0. The summed E-state index contributed by atoms with van der Waals surface area (Å²) in [5, 5.41) is 21.5. The largest absolute Gasteiger partial charge is 0.508 e. The molecule has 1 aliphatic carbocycles. The van der Waals surface area contributed by atoms with Gasteiger partial charge in [0, 0.05) is 12.3 Å². The van der Waals surface area contributed by atoms with Crippen molar-refractivity contribution in [3.63, 3.8) is 0 Å². The molecule has 0 fully saturated rings. The molecule has 140 valence electrons. The van der Waals surface area contributed by atoms with Crippen LogP contribution in [-0.4, -0.2) is 33.2 Å². The number of hydrogen-bond donors (Lipinski definition) is 2. The molecule has 0 radical (unpaired) electrons. The molecule has 25 heavy (non-hydrogen) atoms. The summed E-state index contributed by atoms with van der Waals surface area (Å²) >= 11 is 0. The zero-order valence-electron chi connectivity index (χ0n) is 16.0. The van der Waals surface area contributed by atoms with Gasteiger partial charge in [0.2, 0.25) is 0 Å². The molecule has 0 amide bonds. The van der Waals surface area contributed by atoms with Gasteiger partial charge < -0.3 is 10.2 Å². The van der Waals surface area contributed by atoms with E-state index in [-0.39, 0.29) is 18.8 Å². The summed E-state index contributed by atoms with van der Waals surface area (Å²) in [4.78, 5) is 37.8. The molecular formula is C20H30O5. The predicted molar refractivity (Wildman–Crippen MR) is 96.1 cm³/mol. The standard InChI is InChI=1S/C20H30O5/c1-11(2)7-9-14-18(23)16(17(22)13(5)6)19(24)20(14,25)15(21)10-8-12(3)4/h7,12-14,24-25H,8-10H2,1-6H3/t14-,20+/m1/s1. The van der Waals surface area contributed by atoms with E-state index < -0.39 is 46.1 Å². The summed E-state index contributed by atoms with van der Waals surface area (Å²) in [5.41, 5.74) is -1.80. The lowest BCUT2D eigenvalue weighted by atomic mass is 9.80. The van der Waals surface area contributed by atoms with E-state index in [9.17, 15) is 24.6 Å². The Labute approximate surface area is 149 Å². The Kier molecular flexibility index (Phi) is 6.89. The molecule has 0 aromatic carbocycles. The van der Waals surface area contributed by atoms with Crippen LogP contribution in [0.1, 0.15) is 60.8 Å². The molecule has 0 unspecified atom stereocenters. The van der Waals surface area contributed by atoms with E-state index in [2.05, 4.69) is 0 Å². The van der Waals surface area contributed by atoms with Crippen LogP contribution in [0.25, 0.3) is 0 Å². The molecular weight excluding hydrogens is 320 g/mol.